The van der Waals surface area contributed by atoms with Crippen molar-refractivity contribution in [2.75, 3.05) is 6.79 Å². The lowest BCUT2D eigenvalue weighted by Gasteiger charge is -2.14. The van der Waals surface area contributed by atoms with Crippen molar-refractivity contribution in [1.82, 2.24) is 4.57 Å². The first kappa shape index (κ1) is 20.9. The number of ether oxygens (including phenoxy) is 2. The summed E-state index contributed by atoms with van der Waals surface area (Å²) >= 11 is 1.35. The van der Waals surface area contributed by atoms with E-state index in [-0.39, 0.29) is 17.1 Å². The van der Waals surface area contributed by atoms with E-state index in [0.717, 1.165) is 11.1 Å². The Morgan fingerprint density at radius 1 is 1.00 bits per heavy atom. The third-order valence-electron chi connectivity index (χ3n) is 5.28. The first-order valence-corrected chi connectivity index (χ1v) is 12.5. The van der Waals surface area contributed by atoms with Gasteiger partial charge in [0.05, 0.1) is 20.8 Å². The number of nitrogens with zero attached hydrogens (tertiary/aromatic N) is 1. The second-order valence-electron chi connectivity index (χ2n) is 7.56. The Hall–Kier alpha value is -2.94. The lowest BCUT2D eigenvalue weighted by Crippen LogP contribution is -2.13. The zero-order valence-corrected chi connectivity index (χ0v) is 19.0. The molecule has 0 saturated carbocycles. The Bertz CT molecular complexity index is 1400. The van der Waals surface area contributed by atoms with Crippen LogP contribution in [-0.4, -0.2) is 25.2 Å². The summed E-state index contributed by atoms with van der Waals surface area (Å²) in [6.45, 7) is 2.53. The van der Waals surface area contributed by atoms with Gasteiger partial charge in [-0.25, -0.2) is 8.42 Å². The van der Waals surface area contributed by atoms with Crippen molar-refractivity contribution in [3.05, 3.63) is 78.4 Å². The van der Waals surface area contributed by atoms with E-state index in [1.807, 2.05) is 54.0 Å². The summed E-state index contributed by atoms with van der Waals surface area (Å²) in [5, 5.41) is 1.02. The van der Waals surface area contributed by atoms with Gasteiger partial charge in [0.2, 0.25) is 16.6 Å². The number of hydrogen-bond acceptors (Lipinski definition) is 6. The smallest absolute Gasteiger partial charge is 0.231 e. The van der Waals surface area contributed by atoms with Crippen LogP contribution in [0.15, 0.2) is 87.6 Å². The van der Waals surface area contributed by atoms with Gasteiger partial charge < -0.3 is 19.8 Å². The molecular formula is C24H22N2O4S2. The molecule has 0 amide bonds. The summed E-state index contributed by atoms with van der Waals surface area (Å²) in [6.07, 6.45) is 0. The van der Waals surface area contributed by atoms with E-state index < -0.39 is 9.84 Å². The summed E-state index contributed by atoms with van der Waals surface area (Å²) in [4.78, 5) is 0.555. The number of benzene rings is 3. The van der Waals surface area contributed by atoms with Crippen molar-refractivity contribution >= 4 is 32.5 Å². The molecule has 0 fully saturated rings. The van der Waals surface area contributed by atoms with Crippen LogP contribution in [0.25, 0.3) is 10.9 Å². The molecule has 2 N–H and O–H groups in total. The van der Waals surface area contributed by atoms with Crippen LogP contribution in [0.3, 0.4) is 0 Å². The zero-order valence-electron chi connectivity index (χ0n) is 17.4. The highest BCUT2D eigenvalue weighted by Crippen LogP contribution is 2.41. The van der Waals surface area contributed by atoms with Gasteiger partial charge in [0, 0.05) is 11.9 Å². The number of fused-ring (bicyclic) bond motifs is 2. The van der Waals surface area contributed by atoms with Crippen LogP contribution in [0, 0.1) is 0 Å². The number of para-hydroxylation sites is 1. The summed E-state index contributed by atoms with van der Waals surface area (Å²) in [7, 11) is -3.76. The van der Waals surface area contributed by atoms with E-state index in [1.165, 1.54) is 11.8 Å². The second-order valence-corrected chi connectivity index (χ2v) is 10.8. The van der Waals surface area contributed by atoms with Crippen LogP contribution < -0.4 is 15.2 Å². The van der Waals surface area contributed by atoms with E-state index in [2.05, 4.69) is 0 Å². The fourth-order valence-electron chi connectivity index (χ4n) is 3.90. The standard InChI is InChI=1S/C24H22N2O4S2/c1-16(25)31-24-23(32(27,28)18-7-3-2-4-8-18)19-9-5-6-10-20(19)26(24)14-17-11-12-21-22(13-17)30-15-29-21/h2-13,16H,14-15,25H2,1H3. The number of thioether (sulfide) groups is 1. The first-order chi connectivity index (χ1) is 15.4. The minimum absolute atomic E-state index is 0.205. The predicted molar refractivity (Wildman–Crippen MR) is 125 cm³/mol. The van der Waals surface area contributed by atoms with Crippen molar-refractivity contribution in [1.29, 1.82) is 0 Å². The van der Waals surface area contributed by atoms with Gasteiger partial charge >= 0.3 is 0 Å². The lowest BCUT2D eigenvalue weighted by molar-refractivity contribution is 0.174. The molecule has 1 aliphatic rings. The van der Waals surface area contributed by atoms with Gasteiger partial charge in [-0.15, -0.1) is 0 Å². The predicted octanol–water partition coefficient (Wildman–Crippen LogP) is 4.65. The molecule has 0 radical (unpaired) electrons. The van der Waals surface area contributed by atoms with Crippen molar-refractivity contribution in [3.63, 3.8) is 0 Å². The monoisotopic (exact) mass is 466 g/mol. The normalized spacial score (nSPS) is 14.1. The maximum Gasteiger partial charge on any atom is 0.231 e. The molecule has 0 bridgehead atoms. The second kappa shape index (κ2) is 8.20. The summed E-state index contributed by atoms with van der Waals surface area (Å²) in [5.74, 6) is 1.40. The van der Waals surface area contributed by atoms with E-state index in [4.69, 9.17) is 15.2 Å². The molecule has 6 nitrogen and oxygen atoms in total. The zero-order chi connectivity index (χ0) is 22.3. The molecular weight excluding hydrogens is 444 g/mol. The topological polar surface area (TPSA) is 83.6 Å². The van der Waals surface area contributed by atoms with Crippen LogP contribution in [0.1, 0.15) is 12.5 Å². The highest BCUT2D eigenvalue weighted by Gasteiger charge is 2.30. The number of hydrogen-bond donors (Lipinski definition) is 1. The van der Waals surface area contributed by atoms with E-state index in [0.29, 0.717) is 33.4 Å². The lowest BCUT2D eigenvalue weighted by atomic mass is 10.2. The molecule has 1 aliphatic heterocycles. The van der Waals surface area contributed by atoms with Crippen molar-refractivity contribution in [2.45, 2.75) is 33.7 Å². The minimum Gasteiger partial charge on any atom is -0.454 e. The fourth-order valence-corrected chi connectivity index (χ4v) is 6.78. The Kier molecular flexibility index (Phi) is 5.36. The number of rotatable bonds is 6. The van der Waals surface area contributed by atoms with Crippen molar-refractivity contribution in [2.24, 2.45) is 5.73 Å². The van der Waals surface area contributed by atoms with Gasteiger partial charge in [-0.1, -0.05) is 54.2 Å². The molecule has 8 heteroatoms. The van der Waals surface area contributed by atoms with Crippen LogP contribution in [0.4, 0.5) is 0 Å². The third kappa shape index (κ3) is 3.64. The largest absolute Gasteiger partial charge is 0.454 e. The molecule has 3 aromatic carbocycles. The Labute approximate surface area is 190 Å². The summed E-state index contributed by atoms with van der Waals surface area (Å²) in [5.41, 5.74) is 7.96. The van der Waals surface area contributed by atoms with Gasteiger partial charge in [-0.3, -0.25) is 0 Å². The van der Waals surface area contributed by atoms with Crippen LogP contribution in [0.2, 0.25) is 0 Å². The maximum atomic E-state index is 13.8. The average Bonchev–Trinajstić information content (AvgIpc) is 3.37. The van der Waals surface area contributed by atoms with Gasteiger partial charge in [0.1, 0.15) is 4.90 Å². The minimum atomic E-state index is -3.76. The van der Waals surface area contributed by atoms with E-state index in [9.17, 15) is 8.42 Å². The molecule has 1 aromatic heterocycles. The molecule has 4 aromatic rings. The molecule has 0 saturated heterocycles. The van der Waals surface area contributed by atoms with Crippen LogP contribution in [0.5, 0.6) is 11.5 Å². The molecule has 0 spiro atoms. The van der Waals surface area contributed by atoms with E-state index in [1.54, 1.807) is 30.3 Å². The Morgan fingerprint density at radius 2 is 1.72 bits per heavy atom. The maximum absolute atomic E-state index is 13.8. The average molecular weight is 467 g/mol. The highest BCUT2D eigenvalue weighted by molar-refractivity contribution is 8.00. The fraction of sp³-hybridized carbons (Fsp3) is 0.167. The third-order valence-corrected chi connectivity index (χ3v) is 8.27. The SMILES string of the molecule is CC(N)Sc1c(S(=O)(=O)c2ccccc2)c2ccccc2n1Cc1ccc2c(c1)OCO2. The first-order valence-electron chi connectivity index (χ1n) is 10.2. The van der Waals surface area contributed by atoms with Crippen LogP contribution in [-0.2, 0) is 16.4 Å². The summed E-state index contributed by atoms with van der Waals surface area (Å²) < 4.78 is 40.5. The molecule has 1 atom stereocenters. The van der Waals surface area contributed by atoms with Crippen molar-refractivity contribution in [3.8, 4) is 11.5 Å². The van der Waals surface area contributed by atoms with E-state index >= 15 is 0 Å². The number of nitrogens with two attached hydrogens (primary N) is 1. The molecule has 32 heavy (non-hydrogen) atoms. The molecule has 0 aliphatic carbocycles. The van der Waals surface area contributed by atoms with Gasteiger partial charge in [0.15, 0.2) is 11.5 Å². The van der Waals surface area contributed by atoms with Gasteiger partial charge in [0.25, 0.3) is 0 Å². The number of sulfone groups is 1. The summed E-state index contributed by atoms with van der Waals surface area (Å²) in [6, 6.07) is 21.9. The van der Waals surface area contributed by atoms with Crippen LogP contribution >= 0.6 is 11.8 Å². The van der Waals surface area contributed by atoms with Gasteiger partial charge in [-0.05, 0) is 42.8 Å². The number of aromatic nitrogens is 1. The van der Waals surface area contributed by atoms with Gasteiger partial charge in [-0.2, -0.15) is 0 Å². The Morgan fingerprint density at radius 3 is 2.50 bits per heavy atom. The highest BCUT2D eigenvalue weighted by atomic mass is 32.2. The quantitative estimate of drug-likeness (QED) is 0.329. The molecule has 2 heterocycles. The Balaban J connectivity index is 1.73. The molecule has 1 unspecified atom stereocenters. The molecule has 5 rings (SSSR count). The van der Waals surface area contributed by atoms with Crippen molar-refractivity contribution < 1.29 is 17.9 Å². The molecule has 164 valence electrons.